The van der Waals surface area contributed by atoms with Crippen LogP contribution in [-0.2, 0) is 38.0 Å². The summed E-state index contributed by atoms with van der Waals surface area (Å²) in [6.45, 7) is 7.55. The van der Waals surface area contributed by atoms with Gasteiger partial charge in [-0.15, -0.1) is 0 Å². The Morgan fingerprint density at radius 1 is 1.25 bits per heavy atom. The summed E-state index contributed by atoms with van der Waals surface area (Å²) in [5.41, 5.74) is 1.69. The molecule has 1 aliphatic rings. The van der Waals surface area contributed by atoms with E-state index < -0.39 is 16.4 Å². The number of hydrogen-bond acceptors (Lipinski definition) is 6. The van der Waals surface area contributed by atoms with Gasteiger partial charge in [-0.25, -0.2) is 4.79 Å². The molecule has 0 fully saturated rings. The van der Waals surface area contributed by atoms with E-state index in [-0.39, 0.29) is 12.7 Å². The third-order valence-corrected chi connectivity index (χ3v) is 3.55. The van der Waals surface area contributed by atoms with Crippen LogP contribution in [0.25, 0.3) is 0 Å². The molecule has 7 nitrogen and oxygen atoms in total. The highest BCUT2D eigenvalue weighted by atomic mass is 32.2. The van der Waals surface area contributed by atoms with Gasteiger partial charge in [-0.1, -0.05) is 12.1 Å². The van der Waals surface area contributed by atoms with E-state index in [4.69, 9.17) is 14.2 Å². The molecule has 1 aromatic carbocycles. The van der Waals surface area contributed by atoms with Gasteiger partial charge in [0, 0.05) is 42.0 Å². The smallest absolute Gasteiger partial charge is 0.410 e. The molecule has 1 heterocycles. The molecule has 0 atom stereocenters. The topological polar surface area (TPSA) is 82.1 Å². The zero-order chi connectivity index (χ0) is 21.2. The molecule has 0 spiro atoms. The molecule has 158 valence electrons. The van der Waals surface area contributed by atoms with Crippen LogP contribution in [0.4, 0.5) is 4.79 Å². The van der Waals surface area contributed by atoms with Gasteiger partial charge in [0.1, 0.15) is 30.9 Å². The Bertz CT molecular complexity index is 667. The minimum absolute atomic E-state index is 0.0844. The molecule has 2 rings (SSSR count). The number of nitrogens with zero attached hydrogens (tertiary/aromatic N) is 1. The Hall–Kier alpha value is -1.93. The van der Waals surface area contributed by atoms with Crippen molar-refractivity contribution >= 4 is 23.2 Å². The average molecular weight is 414 g/mol. The summed E-state index contributed by atoms with van der Waals surface area (Å²) in [5, 5.41) is 0. The van der Waals surface area contributed by atoms with Gasteiger partial charge in [-0.05, 0) is 38.8 Å². The molecule has 1 amide bonds. The molecule has 8 heteroatoms. The number of carbonyl (C=O) groups excluding carboxylic acids is 2. The summed E-state index contributed by atoms with van der Waals surface area (Å²) in [6.07, 6.45) is 4.43. The number of amides is 1. The lowest BCUT2D eigenvalue weighted by Gasteiger charge is -2.31. The Kier molecular flexibility index (Phi) is 10.2. The van der Waals surface area contributed by atoms with Crippen molar-refractivity contribution in [2.45, 2.75) is 39.3 Å². The lowest BCUT2D eigenvalue weighted by molar-refractivity contribution is -0.112. The second-order valence-electron chi connectivity index (χ2n) is 7.38. The molecule has 0 aromatic heterocycles. The van der Waals surface area contributed by atoms with Crippen LogP contribution in [0.2, 0.25) is 0 Å². The molecule has 28 heavy (non-hydrogen) atoms. The highest BCUT2D eigenvalue weighted by Gasteiger charge is 2.26. The SMILES string of the molecule is CC(C)(C)OC(=O)N1CCc2c(cccc2OCCOCC=O)C1.CS(C)=O. The van der Waals surface area contributed by atoms with Crippen molar-refractivity contribution in [3.8, 4) is 5.75 Å². The normalized spacial score (nSPS) is 13.3. The molecule has 1 aromatic rings. The fraction of sp³-hybridized carbons (Fsp3) is 0.600. The molecule has 0 aliphatic carbocycles. The first-order valence-corrected chi connectivity index (χ1v) is 11.1. The van der Waals surface area contributed by atoms with Crippen LogP contribution in [-0.4, -0.2) is 66.0 Å². The van der Waals surface area contributed by atoms with Crippen molar-refractivity contribution in [1.82, 2.24) is 4.90 Å². The summed E-state index contributed by atoms with van der Waals surface area (Å²) < 4.78 is 25.8. The lowest BCUT2D eigenvalue weighted by Crippen LogP contribution is -2.40. The summed E-state index contributed by atoms with van der Waals surface area (Å²) in [5.74, 6) is 0.811. The highest BCUT2D eigenvalue weighted by molar-refractivity contribution is 7.83. The minimum Gasteiger partial charge on any atom is -0.491 e. The van der Waals surface area contributed by atoms with Gasteiger partial charge >= 0.3 is 6.09 Å². The fourth-order valence-corrected chi connectivity index (χ4v) is 2.53. The fourth-order valence-electron chi connectivity index (χ4n) is 2.53. The second-order valence-corrected chi connectivity index (χ2v) is 8.86. The quantitative estimate of drug-likeness (QED) is 0.527. The van der Waals surface area contributed by atoms with Crippen molar-refractivity contribution in [3.63, 3.8) is 0 Å². The van der Waals surface area contributed by atoms with Gasteiger partial charge in [0.05, 0.1) is 6.61 Å². The molecular formula is C20H31NO6S. The zero-order valence-electron chi connectivity index (χ0n) is 17.4. The molecule has 0 saturated heterocycles. The lowest BCUT2D eigenvalue weighted by atomic mass is 9.99. The highest BCUT2D eigenvalue weighted by Crippen LogP contribution is 2.28. The maximum absolute atomic E-state index is 12.2. The maximum Gasteiger partial charge on any atom is 0.410 e. The molecule has 0 unspecified atom stereocenters. The first-order valence-electron chi connectivity index (χ1n) is 9.12. The molecule has 0 N–H and O–H groups in total. The van der Waals surface area contributed by atoms with Crippen molar-refractivity contribution in [3.05, 3.63) is 29.3 Å². The van der Waals surface area contributed by atoms with E-state index in [0.29, 0.717) is 26.3 Å². The maximum atomic E-state index is 12.2. The van der Waals surface area contributed by atoms with Crippen LogP contribution in [0.1, 0.15) is 31.9 Å². The Morgan fingerprint density at radius 2 is 1.93 bits per heavy atom. The van der Waals surface area contributed by atoms with Gasteiger partial charge in [-0.2, -0.15) is 0 Å². The molecule has 0 bridgehead atoms. The van der Waals surface area contributed by atoms with E-state index in [1.54, 1.807) is 17.4 Å². The number of carbonyl (C=O) groups is 2. The summed E-state index contributed by atoms with van der Waals surface area (Å²) >= 11 is 0. The molecule has 1 aliphatic heterocycles. The van der Waals surface area contributed by atoms with Crippen molar-refractivity contribution in [2.24, 2.45) is 0 Å². The number of fused-ring (bicyclic) bond motifs is 1. The van der Waals surface area contributed by atoms with E-state index >= 15 is 0 Å². The summed E-state index contributed by atoms with van der Waals surface area (Å²) in [6, 6.07) is 5.84. The predicted molar refractivity (Wildman–Crippen MR) is 109 cm³/mol. The largest absolute Gasteiger partial charge is 0.491 e. The molecular weight excluding hydrogens is 382 g/mol. The van der Waals surface area contributed by atoms with Crippen molar-refractivity contribution < 1.29 is 28.0 Å². The Morgan fingerprint density at radius 3 is 2.54 bits per heavy atom. The van der Waals surface area contributed by atoms with E-state index in [1.807, 2.05) is 39.0 Å². The van der Waals surface area contributed by atoms with E-state index in [0.717, 1.165) is 29.6 Å². The van der Waals surface area contributed by atoms with Crippen LogP contribution in [0.15, 0.2) is 18.2 Å². The summed E-state index contributed by atoms with van der Waals surface area (Å²) in [4.78, 5) is 24.1. The first-order chi connectivity index (χ1) is 13.1. The Balaban J connectivity index is 0.000000892. The van der Waals surface area contributed by atoms with Crippen LogP contribution in [0, 0.1) is 0 Å². The zero-order valence-corrected chi connectivity index (χ0v) is 18.2. The second kappa shape index (κ2) is 11.8. The molecule has 0 saturated carbocycles. The van der Waals surface area contributed by atoms with Crippen LogP contribution in [0.3, 0.4) is 0 Å². The van der Waals surface area contributed by atoms with Crippen LogP contribution >= 0.6 is 0 Å². The Labute approximate surface area is 169 Å². The van der Waals surface area contributed by atoms with Gasteiger partial charge in [-0.3, -0.25) is 4.21 Å². The summed E-state index contributed by atoms with van der Waals surface area (Å²) in [7, 11) is -0.611. The van der Waals surface area contributed by atoms with Gasteiger partial charge < -0.3 is 23.9 Å². The third-order valence-electron chi connectivity index (χ3n) is 3.55. The number of benzene rings is 1. The van der Waals surface area contributed by atoms with Gasteiger partial charge in [0.2, 0.25) is 0 Å². The monoisotopic (exact) mass is 413 g/mol. The minimum atomic E-state index is -0.611. The van der Waals surface area contributed by atoms with E-state index in [2.05, 4.69) is 0 Å². The van der Waals surface area contributed by atoms with Crippen molar-refractivity contribution in [1.29, 1.82) is 0 Å². The van der Waals surface area contributed by atoms with Crippen LogP contribution < -0.4 is 4.74 Å². The van der Waals surface area contributed by atoms with Crippen LogP contribution in [0.5, 0.6) is 5.75 Å². The standard InChI is InChI=1S/C18H25NO5.C2H6OS/c1-18(2,3)24-17(21)19-8-7-15-14(13-19)5-4-6-16(15)23-12-11-22-10-9-20;1-4(2)3/h4-6,9H,7-8,10-13H2,1-3H3;1-2H3. The number of ether oxygens (including phenoxy) is 3. The average Bonchev–Trinajstić information content (AvgIpc) is 2.59. The van der Waals surface area contributed by atoms with E-state index in [9.17, 15) is 13.8 Å². The molecule has 0 radical (unpaired) electrons. The van der Waals surface area contributed by atoms with E-state index in [1.165, 1.54) is 0 Å². The third kappa shape index (κ3) is 9.32. The van der Waals surface area contributed by atoms with Gasteiger partial charge in [0.15, 0.2) is 0 Å². The number of aldehydes is 1. The predicted octanol–water partition coefficient (Wildman–Crippen LogP) is 2.57. The van der Waals surface area contributed by atoms with Crippen molar-refractivity contribution in [2.75, 3.05) is 38.9 Å². The first kappa shape index (κ1) is 24.1. The van der Waals surface area contributed by atoms with Gasteiger partial charge in [0.25, 0.3) is 0 Å². The number of rotatable bonds is 6. The number of hydrogen-bond donors (Lipinski definition) is 0.